The fourth-order valence-corrected chi connectivity index (χ4v) is 1.98. The van der Waals surface area contributed by atoms with Gasteiger partial charge in [0.05, 0.1) is 5.69 Å². The Kier molecular flexibility index (Phi) is 4.49. The molecule has 0 saturated heterocycles. The molecule has 0 aliphatic heterocycles. The lowest BCUT2D eigenvalue weighted by Gasteiger charge is -2.12. The molecular formula is C18H15N3O2. The molecule has 2 amide bonds. The van der Waals surface area contributed by atoms with Gasteiger partial charge in [0.15, 0.2) is 5.75 Å². The number of hydrogen-bond acceptors (Lipinski definition) is 3. The number of carbonyl (C=O) groups excluding carboxylic acids is 1. The van der Waals surface area contributed by atoms with Crippen molar-refractivity contribution in [2.24, 2.45) is 0 Å². The second-order valence-corrected chi connectivity index (χ2v) is 4.71. The summed E-state index contributed by atoms with van der Waals surface area (Å²) < 4.78 is 5.80. The number of amides is 2. The Morgan fingerprint density at radius 1 is 0.826 bits per heavy atom. The molecule has 0 atom stereocenters. The van der Waals surface area contributed by atoms with E-state index in [4.69, 9.17) is 4.74 Å². The zero-order chi connectivity index (χ0) is 15.9. The summed E-state index contributed by atoms with van der Waals surface area (Å²) in [7, 11) is 0. The van der Waals surface area contributed by atoms with E-state index in [9.17, 15) is 4.79 Å². The molecule has 5 nitrogen and oxygen atoms in total. The molecule has 1 heterocycles. The smallest absolute Gasteiger partial charge is 0.324 e. The topological polar surface area (TPSA) is 63.2 Å². The third-order valence-corrected chi connectivity index (χ3v) is 3.01. The first-order valence-corrected chi connectivity index (χ1v) is 7.12. The number of para-hydroxylation sites is 3. The second-order valence-electron chi connectivity index (χ2n) is 4.71. The molecule has 1 aromatic heterocycles. The number of pyridine rings is 1. The van der Waals surface area contributed by atoms with Gasteiger partial charge in [-0.1, -0.05) is 36.4 Å². The largest absolute Gasteiger partial charge is 0.455 e. The highest BCUT2D eigenvalue weighted by Crippen LogP contribution is 2.29. The predicted molar refractivity (Wildman–Crippen MR) is 89.8 cm³/mol. The SMILES string of the molecule is O=C(Nc1ccccn1)Nc1ccccc1Oc1ccccc1. The number of nitrogens with one attached hydrogen (secondary N) is 2. The average molecular weight is 305 g/mol. The minimum absolute atomic E-state index is 0.382. The molecule has 114 valence electrons. The summed E-state index contributed by atoms with van der Waals surface area (Å²) in [6, 6.07) is 21.6. The lowest BCUT2D eigenvalue weighted by atomic mass is 10.3. The summed E-state index contributed by atoms with van der Waals surface area (Å²) in [5.74, 6) is 1.74. The van der Waals surface area contributed by atoms with Gasteiger partial charge < -0.3 is 10.1 Å². The number of anilines is 2. The molecule has 0 unspecified atom stereocenters. The molecule has 0 radical (unpaired) electrons. The van der Waals surface area contributed by atoms with Gasteiger partial charge in [-0.2, -0.15) is 0 Å². The molecule has 5 heteroatoms. The van der Waals surface area contributed by atoms with Gasteiger partial charge in [-0.25, -0.2) is 9.78 Å². The Bertz CT molecular complexity index is 777. The zero-order valence-corrected chi connectivity index (χ0v) is 12.3. The first-order chi connectivity index (χ1) is 11.3. The summed E-state index contributed by atoms with van der Waals surface area (Å²) in [4.78, 5) is 16.1. The van der Waals surface area contributed by atoms with Gasteiger partial charge in [0.1, 0.15) is 11.6 Å². The van der Waals surface area contributed by atoms with Crippen LogP contribution in [0.15, 0.2) is 79.0 Å². The van der Waals surface area contributed by atoms with Crippen molar-refractivity contribution in [3.63, 3.8) is 0 Å². The van der Waals surface area contributed by atoms with Gasteiger partial charge in [-0.05, 0) is 36.4 Å². The van der Waals surface area contributed by atoms with E-state index in [0.29, 0.717) is 23.0 Å². The van der Waals surface area contributed by atoms with Crippen LogP contribution in [0.2, 0.25) is 0 Å². The molecule has 2 N–H and O–H groups in total. The fourth-order valence-electron chi connectivity index (χ4n) is 1.98. The van der Waals surface area contributed by atoms with E-state index in [1.165, 1.54) is 0 Å². The van der Waals surface area contributed by atoms with Crippen molar-refractivity contribution in [3.05, 3.63) is 79.0 Å². The molecule has 2 aromatic carbocycles. The number of carbonyl (C=O) groups is 1. The van der Waals surface area contributed by atoms with Crippen molar-refractivity contribution in [3.8, 4) is 11.5 Å². The quantitative estimate of drug-likeness (QED) is 0.745. The number of ether oxygens (including phenoxy) is 1. The molecular weight excluding hydrogens is 290 g/mol. The first-order valence-electron chi connectivity index (χ1n) is 7.12. The minimum atomic E-state index is -0.382. The molecule has 0 aliphatic rings. The standard InChI is InChI=1S/C18H15N3O2/c22-18(21-17-12-6-7-13-19-17)20-15-10-4-5-11-16(15)23-14-8-2-1-3-9-14/h1-13H,(H2,19,20,21,22). The number of rotatable bonds is 4. The molecule has 23 heavy (non-hydrogen) atoms. The maximum Gasteiger partial charge on any atom is 0.324 e. The Morgan fingerprint density at radius 2 is 1.57 bits per heavy atom. The van der Waals surface area contributed by atoms with E-state index in [0.717, 1.165) is 0 Å². The Morgan fingerprint density at radius 3 is 2.35 bits per heavy atom. The van der Waals surface area contributed by atoms with Gasteiger partial charge in [-0.3, -0.25) is 5.32 Å². The summed E-state index contributed by atoms with van der Waals surface area (Å²) >= 11 is 0. The molecule has 3 aromatic rings. The van der Waals surface area contributed by atoms with Gasteiger partial charge in [0.2, 0.25) is 0 Å². The predicted octanol–water partition coefficient (Wildman–Crippen LogP) is 4.52. The summed E-state index contributed by atoms with van der Waals surface area (Å²) in [5.41, 5.74) is 0.574. The van der Waals surface area contributed by atoms with Crippen LogP contribution in [0.25, 0.3) is 0 Å². The van der Waals surface area contributed by atoms with Gasteiger partial charge in [-0.15, -0.1) is 0 Å². The van der Waals surface area contributed by atoms with Crippen LogP contribution >= 0.6 is 0 Å². The molecule has 0 spiro atoms. The van der Waals surface area contributed by atoms with Crippen LogP contribution in [0.1, 0.15) is 0 Å². The van der Waals surface area contributed by atoms with E-state index in [2.05, 4.69) is 15.6 Å². The van der Waals surface area contributed by atoms with Crippen LogP contribution in [0.5, 0.6) is 11.5 Å². The number of nitrogens with zero attached hydrogens (tertiary/aromatic N) is 1. The van der Waals surface area contributed by atoms with Crippen LogP contribution in [-0.2, 0) is 0 Å². The Balaban J connectivity index is 1.71. The van der Waals surface area contributed by atoms with E-state index < -0.39 is 0 Å². The normalized spacial score (nSPS) is 9.91. The highest BCUT2D eigenvalue weighted by molar-refractivity contribution is 6.00. The van der Waals surface area contributed by atoms with Crippen LogP contribution in [-0.4, -0.2) is 11.0 Å². The van der Waals surface area contributed by atoms with Gasteiger partial charge >= 0.3 is 6.03 Å². The fraction of sp³-hybridized carbons (Fsp3) is 0. The maximum absolute atomic E-state index is 12.1. The van der Waals surface area contributed by atoms with E-state index in [1.54, 1.807) is 36.5 Å². The molecule has 0 saturated carbocycles. The van der Waals surface area contributed by atoms with Crippen molar-refractivity contribution in [2.75, 3.05) is 10.6 Å². The highest BCUT2D eigenvalue weighted by Gasteiger charge is 2.08. The lowest BCUT2D eigenvalue weighted by Crippen LogP contribution is -2.20. The molecule has 0 aliphatic carbocycles. The summed E-state index contributed by atoms with van der Waals surface area (Å²) in [5, 5.41) is 5.43. The van der Waals surface area contributed by atoms with Crippen molar-refractivity contribution >= 4 is 17.5 Å². The third kappa shape index (κ3) is 4.07. The van der Waals surface area contributed by atoms with Crippen LogP contribution in [0.4, 0.5) is 16.3 Å². The average Bonchev–Trinajstić information content (AvgIpc) is 2.58. The number of hydrogen-bond donors (Lipinski definition) is 2. The zero-order valence-electron chi connectivity index (χ0n) is 12.3. The number of urea groups is 1. The van der Waals surface area contributed by atoms with Gasteiger partial charge in [0.25, 0.3) is 0 Å². The molecule has 0 fully saturated rings. The van der Waals surface area contributed by atoms with E-state index in [1.807, 2.05) is 42.5 Å². The van der Waals surface area contributed by atoms with E-state index >= 15 is 0 Å². The Hall–Kier alpha value is -3.34. The lowest BCUT2D eigenvalue weighted by molar-refractivity contribution is 0.262. The van der Waals surface area contributed by atoms with Crippen molar-refractivity contribution < 1.29 is 9.53 Å². The molecule has 3 rings (SSSR count). The van der Waals surface area contributed by atoms with Crippen molar-refractivity contribution in [1.29, 1.82) is 0 Å². The number of benzene rings is 2. The van der Waals surface area contributed by atoms with Crippen molar-refractivity contribution in [1.82, 2.24) is 4.98 Å². The third-order valence-electron chi connectivity index (χ3n) is 3.01. The van der Waals surface area contributed by atoms with Gasteiger partial charge in [0, 0.05) is 6.20 Å². The number of aromatic nitrogens is 1. The first kappa shape index (κ1) is 14.6. The van der Waals surface area contributed by atoms with Crippen molar-refractivity contribution in [2.45, 2.75) is 0 Å². The summed E-state index contributed by atoms with van der Waals surface area (Å²) in [6.45, 7) is 0. The van der Waals surface area contributed by atoms with E-state index in [-0.39, 0.29) is 6.03 Å². The van der Waals surface area contributed by atoms with Crippen LogP contribution < -0.4 is 15.4 Å². The molecule has 0 bridgehead atoms. The monoisotopic (exact) mass is 305 g/mol. The minimum Gasteiger partial charge on any atom is -0.455 e. The second kappa shape index (κ2) is 7.09. The maximum atomic E-state index is 12.1. The Labute approximate surface area is 134 Å². The highest BCUT2D eigenvalue weighted by atomic mass is 16.5. The summed E-state index contributed by atoms with van der Waals surface area (Å²) in [6.07, 6.45) is 1.61. The van der Waals surface area contributed by atoms with Crippen LogP contribution in [0.3, 0.4) is 0 Å². The van der Waals surface area contributed by atoms with Crippen LogP contribution in [0, 0.1) is 0 Å².